The van der Waals surface area contributed by atoms with Gasteiger partial charge < -0.3 is 10.4 Å². The maximum Gasteiger partial charge on any atom is 0.0613 e. The van der Waals surface area contributed by atoms with E-state index in [1.165, 1.54) is 24.1 Å². The molecule has 0 aliphatic heterocycles. The van der Waals surface area contributed by atoms with Crippen LogP contribution in [0.1, 0.15) is 43.9 Å². The van der Waals surface area contributed by atoms with Crippen LogP contribution in [0.5, 0.6) is 0 Å². The Labute approximate surface area is 109 Å². The maximum atomic E-state index is 9.70. The van der Waals surface area contributed by atoms with Crippen molar-refractivity contribution in [2.45, 2.75) is 51.6 Å². The topological polar surface area (TPSA) is 50.1 Å². The van der Waals surface area contributed by atoms with Crippen molar-refractivity contribution in [2.75, 3.05) is 6.61 Å². The number of hydrogen-bond donors (Lipinski definition) is 2. The van der Waals surface area contributed by atoms with Crippen molar-refractivity contribution >= 4 is 0 Å². The Balaban J connectivity index is 1.97. The molecule has 1 aliphatic carbocycles. The molecular formula is C14H25N3O. The van der Waals surface area contributed by atoms with Gasteiger partial charge >= 0.3 is 0 Å². The molecule has 2 rings (SSSR count). The van der Waals surface area contributed by atoms with E-state index >= 15 is 0 Å². The van der Waals surface area contributed by atoms with Gasteiger partial charge in [0.25, 0.3) is 0 Å². The smallest absolute Gasteiger partial charge is 0.0613 e. The highest BCUT2D eigenvalue weighted by Crippen LogP contribution is 2.31. The van der Waals surface area contributed by atoms with Crippen molar-refractivity contribution in [3.63, 3.8) is 0 Å². The fraction of sp³-hybridized carbons (Fsp3) is 0.786. The summed E-state index contributed by atoms with van der Waals surface area (Å²) in [6, 6.07) is 0. The number of hydrogen-bond acceptors (Lipinski definition) is 3. The number of aliphatic hydroxyl groups excluding tert-OH is 1. The van der Waals surface area contributed by atoms with Crippen LogP contribution in [-0.2, 0) is 13.6 Å². The lowest BCUT2D eigenvalue weighted by Crippen LogP contribution is -2.50. The third kappa shape index (κ3) is 2.75. The molecule has 0 amide bonds. The van der Waals surface area contributed by atoms with Gasteiger partial charge in [-0.2, -0.15) is 5.10 Å². The van der Waals surface area contributed by atoms with Gasteiger partial charge in [0.05, 0.1) is 12.8 Å². The highest BCUT2D eigenvalue weighted by Gasteiger charge is 2.33. The summed E-state index contributed by atoms with van der Waals surface area (Å²) in [5.74, 6) is 0.798. The van der Waals surface area contributed by atoms with Crippen LogP contribution in [0.3, 0.4) is 0 Å². The van der Waals surface area contributed by atoms with Crippen molar-refractivity contribution in [3.8, 4) is 0 Å². The van der Waals surface area contributed by atoms with Gasteiger partial charge in [-0.05, 0) is 38.5 Å². The Morgan fingerprint density at radius 1 is 1.50 bits per heavy atom. The molecule has 4 heteroatoms. The number of aliphatic hydroxyl groups is 1. The van der Waals surface area contributed by atoms with Crippen LogP contribution in [0, 0.1) is 12.8 Å². The van der Waals surface area contributed by atoms with Crippen molar-refractivity contribution < 1.29 is 5.11 Å². The van der Waals surface area contributed by atoms with E-state index in [-0.39, 0.29) is 12.1 Å². The first-order valence-electron chi connectivity index (χ1n) is 6.90. The molecule has 0 unspecified atom stereocenters. The van der Waals surface area contributed by atoms with Crippen LogP contribution in [-0.4, -0.2) is 27.0 Å². The zero-order chi connectivity index (χ0) is 13.2. The standard InChI is InChI=1S/C14H25N3O/c1-11-4-6-14(10-18,7-5-11)15-8-13-9-16-17(3)12(13)2/h9,11,15,18H,4-8,10H2,1-3H3. The normalized spacial score (nSPS) is 28.6. The molecule has 102 valence electrons. The van der Waals surface area contributed by atoms with E-state index in [4.69, 9.17) is 0 Å². The van der Waals surface area contributed by atoms with Crippen LogP contribution in [0.15, 0.2) is 6.20 Å². The second-order valence-electron chi connectivity index (χ2n) is 5.85. The quantitative estimate of drug-likeness (QED) is 0.857. The first-order chi connectivity index (χ1) is 8.56. The Hall–Kier alpha value is -0.870. The summed E-state index contributed by atoms with van der Waals surface area (Å²) < 4.78 is 1.89. The fourth-order valence-electron chi connectivity index (χ4n) is 2.71. The first-order valence-corrected chi connectivity index (χ1v) is 6.90. The number of nitrogens with zero attached hydrogens (tertiary/aromatic N) is 2. The molecule has 1 heterocycles. The molecule has 1 aliphatic rings. The minimum atomic E-state index is -0.0746. The van der Waals surface area contributed by atoms with Gasteiger partial charge in [-0.1, -0.05) is 6.92 Å². The molecule has 0 radical (unpaired) electrons. The summed E-state index contributed by atoms with van der Waals surface area (Å²) in [6.07, 6.45) is 6.48. The molecule has 0 saturated heterocycles. The SMILES string of the molecule is Cc1c(CNC2(CO)CCC(C)CC2)cnn1C. The summed E-state index contributed by atoms with van der Waals surface area (Å²) in [4.78, 5) is 0. The van der Waals surface area contributed by atoms with Gasteiger partial charge in [0.15, 0.2) is 0 Å². The third-order valence-corrected chi connectivity index (χ3v) is 4.52. The molecule has 1 aromatic rings. The van der Waals surface area contributed by atoms with Gasteiger partial charge in [-0.25, -0.2) is 0 Å². The van der Waals surface area contributed by atoms with Crippen molar-refractivity contribution in [3.05, 3.63) is 17.5 Å². The lowest BCUT2D eigenvalue weighted by Gasteiger charge is -2.39. The van der Waals surface area contributed by atoms with E-state index < -0.39 is 0 Å². The van der Waals surface area contributed by atoms with E-state index in [2.05, 4.69) is 24.3 Å². The molecule has 2 N–H and O–H groups in total. The molecule has 1 saturated carbocycles. The van der Waals surface area contributed by atoms with Crippen LogP contribution >= 0.6 is 0 Å². The Morgan fingerprint density at radius 3 is 2.67 bits per heavy atom. The fourth-order valence-corrected chi connectivity index (χ4v) is 2.71. The zero-order valence-electron chi connectivity index (χ0n) is 11.7. The summed E-state index contributed by atoms with van der Waals surface area (Å²) >= 11 is 0. The van der Waals surface area contributed by atoms with Crippen molar-refractivity contribution in [1.82, 2.24) is 15.1 Å². The van der Waals surface area contributed by atoms with Crippen LogP contribution < -0.4 is 5.32 Å². The van der Waals surface area contributed by atoms with Crippen molar-refractivity contribution in [2.24, 2.45) is 13.0 Å². The Kier molecular flexibility index (Phi) is 4.07. The minimum absolute atomic E-state index is 0.0746. The van der Waals surface area contributed by atoms with Gasteiger partial charge in [-0.15, -0.1) is 0 Å². The number of aryl methyl sites for hydroxylation is 1. The predicted molar refractivity (Wildman–Crippen MR) is 72.2 cm³/mol. The van der Waals surface area contributed by atoms with E-state index in [1.54, 1.807) is 0 Å². The van der Waals surface area contributed by atoms with Gasteiger partial charge in [-0.3, -0.25) is 4.68 Å². The van der Waals surface area contributed by atoms with Crippen LogP contribution in [0.25, 0.3) is 0 Å². The summed E-state index contributed by atoms with van der Waals surface area (Å²) in [5.41, 5.74) is 2.35. The Bertz CT molecular complexity index is 392. The predicted octanol–water partition coefficient (Wildman–Crippen LogP) is 1.76. The highest BCUT2D eigenvalue weighted by atomic mass is 16.3. The molecular weight excluding hydrogens is 226 g/mol. The van der Waals surface area contributed by atoms with Crippen LogP contribution in [0.4, 0.5) is 0 Å². The minimum Gasteiger partial charge on any atom is -0.394 e. The summed E-state index contributed by atoms with van der Waals surface area (Å²) in [6.45, 7) is 5.42. The van der Waals surface area contributed by atoms with Crippen molar-refractivity contribution in [1.29, 1.82) is 0 Å². The summed E-state index contributed by atoms with van der Waals surface area (Å²) in [7, 11) is 1.96. The Morgan fingerprint density at radius 2 is 2.17 bits per heavy atom. The molecule has 4 nitrogen and oxygen atoms in total. The molecule has 1 fully saturated rings. The van der Waals surface area contributed by atoms with E-state index in [9.17, 15) is 5.11 Å². The van der Waals surface area contributed by atoms with Crippen LogP contribution in [0.2, 0.25) is 0 Å². The number of nitrogens with one attached hydrogen (secondary N) is 1. The average molecular weight is 251 g/mol. The van der Waals surface area contributed by atoms with Gasteiger partial charge in [0, 0.05) is 30.4 Å². The van der Waals surface area contributed by atoms with E-state index in [0.29, 0.717) is 0 Å². The maximum absolute atomic E-state index is 9.70. The lowest BCUT2D eigenvalue weighted by molar-refractivity contribution is 0.104. The first kappa shape index (κ1) is 13.6. The average Bonchev–Trinajstić information content (AvgIpc) is 2.70. The summed E-state index contributed by atoms with van der Waals surface area (Å²) in [5, 5.41) is 17.5. The second-order valence-corrected chi connectivity index (χ2v) is 5.85. The lowest BCUT2D eigenvalue weighted by atomic mass is 9.77. The molecule has 1 aromatic heterocycles. The monoisotopic (exact) mass is 251 g/mol. The largest absolute Gasteiger partial charge is 0.394 e. The highest BCUT2D eigenvalue weighted by molar-refractivity contribution is 5.16. The van der Waals surface area contributed by atoms with E-state index in [1.807, 2.05) is 17.9 Å². The molecule has 0 atom stereocenters. The number of rotatable bonds is 4. The zero-order valence-corrected chi connectivity index (χ0v) is 11.7. The third-order valence-electron chi connectivity index (χ3n) is 4.52. The number of aromatic nitrogens is 2. The van der Waals surface area contributed by atoms with Gasteiger partial charge in [0.1, 0.15) is 0 Å². The molecule has 0 aromatic carbocycles. The molecule has 18 heavy (non-hydrogen) atoms. The second kappa shape index (κ2) is 5.41. The van der Waals surface area contributed by atoms with Gasteiger partial charge in [0.2, 0.25) is 0 Å². The molecule has 0 spiro atoms. The molecule has 0 bridgehead atoms. The van der Waals surface area contributed by atoms with E-state index in [0.717, 1.165) is 25.3 Å².